The first-order chi connectivity index (χ1) is 15.9. The van der Waals surface area contributed by atoms with Crippen LogP contribution in [0.1, 0.15) is 66.7 Å². The lowest BCUT2D eigenvalue weighted by atomic mass is 10.0. The number of nitrogens with two attached hydrogens (primary N) is 2. The van der Waals surface area contributed by atoms with Crippen molar-refractivity contribution in [1.82, 2.24) is 20.4 Å². The number of hydrogen-bond acceptors (Lipinski definition) is 5. The number of aliphatic imine (C=N–C) groups is 1. The minimum absolute atomic E-state index is 0.0117. The first-order valence-corrected chi connectivity index (χ1v) is 12.4. The van der Waals surface area contributed by atoms with Crippen molar-refractivity contribution in [2.45, 2.75) is 96.4 Å². The van der Waals surface area contributed by atoms with E-state index in [0.717, 1.165) is 18.5 Å². The van der Waals surface area contributed by atoms with Gasteiger partial charge in [0, 0.05) is 30.4 Å². The Morgan fingerprint density at radius 2 is 2.00 bits per heavy atom. The predicted molar refractivity (Wildman–Crippen MR) is 131 cm³/mol. The van der Waals surface area contributed by atoms with E-state index in [0.29, 0.717) is 38.3 Å². The van der Waals surface area contributed by atoms with Gasteiger partial charge >= 0.3 is 0 Å². The number of nitrogens with one attached hydrogen (secondary N) is 2. The Hall–Kier alpha value is -2.78. The molecule has 0 saturated carbocycles. The SMILES string of the molecule is CC(C)C[C@H]1C2/C(=C\C(=O)NC(C)(C)C)N3CCC[C@@H]3C(=O)N[C@@H](CCCN=C(N)N)C(=O)N21. The summed E-state index contributed by atoms with van der Waals surface area (Å²) in [5.41, 5.74) is 11.2. The van der Waals surface area contributed by atoms with Gasteiger partial charge in [0.25, 0.3) is 0 Å². The molecule has 3 fully saturated rings. The predicted octanol–water partition coefficient (Wildman–Crippen LogP) is 0.427. The fourth-order valence-electron chi connectivity index (χ4n) is 5.08. The highest BCUT2D eigenvalue weighted by Gasteiger charge is 2.57. The quantitative estimate of drug-likeness (QED) is 0.138. The summed E-state index contributed by atoms with van der Waals surface area (Å²) in [6.45, 7) is 11.1. The fourth-order valence-corrected chi connectivity index (χ4v) is 5.08. The highest BCUT2D eigenvalue weighted by atomic mass is 16.2. The average Bonchev–Trinajstić information content (AvgIpc) is 3.15. The lowest BCUT2D eigenvalue weighted by Gasteiger charge is -2.29. The molecular formula is C24H41N7O3. The van der Waals surface area contributed by atoms with Crippen molar-refractivity contribution in [3.63, 3.8) is 0 Å². The van der Waals surface area contributed by atoms with Crippen LogP contribution in [0.25, 0.3) is 0 Å². The van der Waals surface area contributed by atoms with Crippen LogP contribution in [0.3, 0.4) is 0 Å². The van der Waals surface area contributed by atoms with Crippen molar-refractivity contribution in [2.75, 3.05) is 13.1 Å². The molecule has 0 radical (unpaired) electrons. The molecule has 1 unspecified atom stereocenters. The molecule has 0 aromatic rings. The molecule has 6 N–H and O–H groups in total. The van der Waals surface area contributed by atoms with Crippen molar-refractivity contribution >= 4 is 23.7 Å². The van der Waals surface area contributed by atoms with Gasteiger partial charge in [-0.2, -0.15) is 0 Å². The molecule has 10 nitrogen and oxygen atoms in total. The summed E-state index contributed by atoms with van der Waals surface area (Å²) in [5, 5.41) is 5.99. The Morgan fingerprint density at radius 1 is 1.29 bits per heavy atom. The van der Waals surface area contributed by atoms with Gasteiger partial charge in [-0.25, -0.2) is 0 Å². The zero-order valence-corrected chi connectivity index (χ0v) is 21.1. The van der Waals surface area contributed by atoms with E-state index in [1.807, 2.05) is 30.6 Å². The molecule has 0 spiro atoms. The van der Waals surface area contributed by atoms with Crippen LogP contribution < -0.4 is 22.1 Å². The average molecular weight is 476 g/mol. The largest absolute Gasteiger partial charge is 0.370 e. The van der Waals surface area contributed by atoms with Crippen molar-refractivity contribution < 1.29 is 14.4 Å². The molecule has 3 rings (SSSR count). The lowest BCUT2D eigenvalue weighted by Crippen LogP contribution is -2.50. The second-order valence-corrected chi connectivity index (χ2v) is 11.1. The Morgan fingerprint density at radius 3 is 2.62 bits per heavy atom. The topological polar surface area (TPSA) is 146 Å². The molecule has 0 aromatic heterocycles. The minimum Gasteiger partial charge on any atom is -0.370 e. The van der Waals surface area contributed by atoms with Crippen molar-refractivity contribution in [2.24, 2.45) is 22.4 Å². The van der Waals surface area contributed by atoms with Gasteiger partial charge in [-0.1, -0.05) is 13.8 Å². The van der Waals surface area contributed by atoms with Gasteiger partial charge in [-0.3, -0.25) is 19.4 Å². The summed E-state index contributed by atoms with van der Waals surface area (Å²) in [6, 6.07) is -1.21. The van der Waals surface area contributed by atoms with E-state index in [9.17, 15) is 14.4 Å². The summed E-state index contributed by atoms with van der Waals surface area (Å²) in [4.78, 5) is 47.6. The van der Waals surface area contributed by atoms with E-state index in [-0.39, 0.29) is 47.3 Å². The number of carbonyl (C=O) groups is 3. The zero-order chi connectivity index (χ0) is 25.2. The second kappa shape index (κ2) is 10.2. The number of fused-ring (bicyclic) bond motifs is 2. The van der Waals surface area contributed by atoms with Crippen LogP contribution in [0.2, 0.25) is 0 Å². The molecule has 3 saturated heterocycles. The number of nitrogens with zero attached hydrogens (tertiary/aromatic N) is 3. The van der Waals surface area contributed by atoms with E-state index in [1.54, 1.807) is 6.08 Å². The van der Waals surface area contributed by atoms with Crippen LogP contribution in [0.15, 0.2) is 16.8 Å². The van der Waals surface area contributed by atoms with Crippen LogP contribution >= 0.6 is 0 Å². The molecule has 3 heterocycles. The molecule has 0 aliphatic carbocycles. The normalized spacial score (nSPS) is 28.0. The van der Waals surface area contributed by atoms with Crippen LogP contribution in [0, 0.1) is 5.92 Å². The van der Waals surface area contributed by atoms with Crippen LogP contribution in [-0.2, 0) is 14.4 Å². The van der Waals surface area contributed by atoms with Crippen LogP contribution in [0.4, 0.5) is 0 Å². The molecule has 34 heavy (non-hydrogen) atoms. The van der Waals surface area contributed by atoms with E-state index in [1.165, 1.54) is 0 Å². The van der Waals surface area contributed by atoms with Gasteiger partial charge in [-0.15, -0.1) is 0 Å². The molecule has 3 aliphatic rings. The van der Waals surface area contributed by atoms with Gasteiger partial charge in [0.15, 0.2) is 5.96 Å². The van der Waals surface area contributed by atoms with Gasteiger partial charge in [0.05, 0.1) is 12.1 Å². The number of hydrogen-bond donors (Lipinski definition) is 4. The van der Waals surface area contributed by atoms with E-state index < -0.39 is 6.04 Å². The molecule has 3 aliphatic heterocycles. The number of amides is 3. The third kappa shape index (κ3) is 6.21. The van der Waals surface area contributed by atoms with Crippen molar-refractivity contribution in [3.05, 3.63) is 11.8 Å². The smallest absolute Gasteiger partial charge is 0.246 e. The van der Waals surface area contributed by atoms with Gasteiger partial charge in [0.1, 0.15) is 12.1 Å². The Balaban J connectivity index is 1.93. The highest BCUT2D eigenvalue weighted by molar-refractivity contribution is 5.94. The fraction of sp³-hybridized carbons (Fsp3) is 0.750. The lowest BCUT2D eigenvalue weighted by molar-refractivity contribution is -0.133. The molecular weight excluding hydrogens is 434 g/mol. The summed E-state index contributed by atoms with van der Waals surface area (Å²) >= 11 is 0. The van der Waals surface area contributed by atoms with Gasteiger partial charge in [-0.05, 0) is 58.8 Å². The maximum atomic E-state index is 13.6. The highest BCUT2D eigenvalue weighted by Crippen LogP contribution is 2.43. The Bertz CT molecular complexity index is 857. The van der Waals surface area contributed by atoms with E-state index >= 15 is 0 Å². The van der Waals surface area contributed by atoms with Crippen molar-refractivity contribution in [1.29, 1.82) is 0 Å². The zero-order valence-electron chi connectivity index (χ0n) is 21.1. The van der Waals surface area contributed by atoms with E-state index in [4.69, 9.17) is 11.5 Å². The van der Waals surface area contributed by atoms with Gasteiger partial charge in [0.2, 0.25) is 17.7 Å². The minimum atomic E-state index is -0.633. The number of carbonyl (C=O) groups excluding carboxylic acids is 3. The summed E-state index contributed by atoms with van der Waals surface area (Å²) < 4.78 is 0. The second-order valence-electron chi connectivity index (χ2n) is 11.1. The first-order valence-electron chi connectivity index (χ1n) is 12.4. The summed E-state index contributed by atoms with van der Waals surface area (Å²) in [5.74, 6) is -0.0659. The molecule has 0 bridgehead atoms. The van der Waals surface area contributed by atoms with Gasteiger partial charge < -0.3 is 31.9 Å². The van der Waals surface area contributed by atoms with Crippen LogP contribution in [0.5, 0.6) is 0 Å². The molecule has 0 aromatic carbocycles. The standard InChI is InChI=1S/C24H41N7O3/c1-14(2)12-18-20-17(13-19(32)29-24(3,4)5)30-11-7-9-16(30)21(33)28-15(22(34)31(18)20)8-6-10-27-23(25)26/h13-16,18,20H,6-12H2,1-5H3,(H,28,33)(H,29,32)(H4,25,26,27)/b17-13+/t15-,16+,18-,20?,31?/m0/s1. The first kappa shape index (κ1) is 25.8. The van der Waals surface area contributed by atoms with E-state index in [2.05, 4.69) is 29.5 Å². The third-order valence-corrected chi connectivity index (χ3v) is 6.43. The number of rotatable bonds is 7. The molecule has 10 heteroatoms. The maximum absolute atomic E-state index is 13.6. The molecule has 190 valence electrons. The maximum Gasteiger partial charge on any atom is 0.246 e. The monoisotopic (exact) mass is 475 g/mol. The summed E-state index contributed by atoms with van der Waals surface area (Å²) in [6.07, 6.45) is 5.03. The Labute approximate surface area is 202 Å². The third-order valence-electron chi connectivity index (χ3n) is 6.43. The van der Waals surface area contributed by atoms with Crippen molar-refractivity contribution in [3.8, 4) is 0 Å². The van der Waals surface area contributed by atoms with Crippen LogP contribution in [-0.4, -0.2) is 76.3 Å². The molecule has 4 atom stereocenters. The summed E-state index contributed by atoms with van der Waals surface area (Å²) in [7, 11) is 0. The number of guanidine groups is 1. The Kier molecular flexibility index (Phi) is 7.77. The molecule has 3 amide bonds.